The minimum Gasteiger partial charge on any atom is -0.459 e. The number of dihydropyridines is 1. The number of nitrogens with zero attached hydrogens (tertiary/aromatic N) is 1. The Hall–Kier alpha value is -2.96. The summed E-state index contributed by atoms with van der Waals surface area (Å²) in [7, 11) is 0. The Labute approximate surface area is 169 Å². The number of hydrogen-bond acceptors (Lipinski definition) is 6. The first-order chi connectivity index (χ1) is 14.0. The molecule has 0 spiro atoms. The number of allylic oxidation sites excluding steroid dienone is 3. The van der Waals surface area contributed by atoms with Gasteiger partial charge in [0.2, 0.25) is 0 Å². The lowest BCUT2D eigenvalue weighted by Gasteiger charge is -2.34. The van der Waals surface area contributed by atoms with Crippen LogP contribution in [0.5, 0.6) is 0 Å². The summed E-state index contributed by atoms with van der Waals surface area (Å²) in [5, 5.41) is 14.9. The van der Waals surface area contributed by atoms with Gasteiger partial charge in [-0.05, 0) is 45.4 Å². The highest BCUT2D eigenvalue weighted by molar-refractivity contribution is 6.04. The van der Waals surface area contributed by atoms with E-state index in [2.05, 4.69) is 5.32 Å². The molecule has 152 valence electrons. The number of ether oxygens (including phenoxy) is 1. The van der Waals surface area contributed by atoms with E-state index >= 15 is 0 Å². The van der Waals surface area contributed by atoms with Crippen LogP contribution in [0.2, 0.25) is 0 Å². The molecule has 0 unspecified atom stereocenters. The van der Waals surface area contributed by atoms with Crippen molar-refractivity contribution in [3.05, 3.63) is 62.5 Å². The van der Waals surface area contributed by atoms with Crippen LogP contribution >= 0.6 is 0 Å². The van der Waals surface area contributed by atoms with Gasteiger partial charge >= 0.3 is 5.97 Å². The van der Waals surface area contributed by atoms with Crippen LogP contribution in [-0.2, 0) is 14.3 Å². The average Bonchev–Trinajstić information content (AvgIpc) is 3.20. The largest absolute Gasteiger partial charge is 0.459 e. The van der Waals surface area contributed by atoms with Gasteiger partial charge in [0.1, 0.15) is 6.10 Å². The van der Waals surface area contributed by atoms with E-state index in [1.807, 2.05) is 0 Å². The maximum Gasteiger partial charge on any atom is 0.337 e. The molecule has 7 heteroatoms. The van der Waals surface area contributed by atoms with Crippen LogP contribution < -0.4 is 5.32 Å². The smallest absolute Gasteiger partial charge is 0.337 e. The summed E-state index contributed by atoms with van der Waals surface area (Å²) in [6.07, 6.45) is 5.35. The van der Waals surface area contributed by atoms with Crippen LogP contribution in [0.1, 0.15) is 63.4 Å². The van der Waals surface area contributed by atoms with Gasteiger partial charge in [0, 0.05) is 35.0 Å². The van der Waals surface area contributed by atoms with Gasteiger partial charge < -0.3 is 10.1 Å². The first kappa shape index (κ1) is 19.4. The summed E-state index contributed by atoms with van der Waals surface area (Å²) < 4.78 is 5.75. The number of para-hydroxylation sites is 1. The minimum absolute atomic E-state index is 0.0689. The molecule has 7 nitrogen and oxygen atoms in total. The Bertz CT molecular complexity index is 940. The van der Waals surface area contributed by atoms with Crippen molar-refractivity contribution >= 4 is 17.4 Å². The number of carbonyl (C=O) groups is 2. The number of rotatable bonds is 4. The van der Waals surface area contributed by atoms with Crippen LogP contribution in [0.25, 0.3) is 0 Å². The van der Waals surface area contributed by atoms with E-state index in [-0.39, 0.29) is 17.6 Å². The topological polar surface area (TPSA) is 98.5 Å². The van der Waals surface area contributed by atoms with Crippen LogP contribution in [0.3, 0.4) is 0 Å². The van der Waals surface area contributed by atoms with Crippen molar-refractivity contribution < 1.29 is 19.2 Å². The highest BCUT2D eigenvalue weighted by Gasteiger charge is 2.42. The summed E-state index contributed by atoms with van der Waals surface area (Å²) >= 11 is 0. The van der Waals surface area contributed by atoms with E-state index in [1.165, 1.54) is 6.07 Å². The maximum absolute atomic E-state index is 13.2. The molecule has 0 bridgehead atoms. The third-order valence-corrected chi connectivity index (χ3v) is 6.02. The summed E-state index contributed by atoms with van der Waals surface area (Å²) in [4.78, 5) is 37.3. The molecule has 1 aromatic rings. The first-order valence-electron chi connectivity index (χ1n) is 10.2. The summed E-state index contributed by atoms with van der Waals surface area (Å²) in [5.41, 5.74) is 2.40. The quantitative estimate of drug-likeness (QED) is 0.468. The molecule has 1 atom stereocenters. The number of ketones is 1. The second kappa shape index (κ2) is 7.81. The van der Waals surface area contributed by atoms with Crippen molar-refractivity contribution in [3.8, 4) is 0 Å². The van der Waals surface area contributed by atoms with E-state index in [0.29, 0.717) is 35.2 Å². The zero-order chi connectivity index (χ0) is 20.5. The Morgan fingerprint density at radius 1 is 1.17 bits per heavy atom. The normalized spacial score (nSPS) is 22.4. The van der Waals surface area contributed by atoms with Gasteiger partial charge in [0.15, 0.2) is 5.78 Å². The Morgan fingerprint density at radius 3 is 2.62 bits per heavy atom. The van der Waals surface area contributed by atoms with Crippen LogP contribution in [0.4, 0.5) is 5.69 Å². The molecule has 0 amide bonds. The molecule has 0 radical (unpaired) electrons. The van der Waals surface area contributed by atoms with E-state index in [1.54, 1.807) is 25.1 Å². The van der Waals surface area contributed by atoms with Crippen molar-refractivity contribution in [1.82, 2.24) is 5.32 Å². The second-order valence-electron chi connectivity index (χ2n) is 7.89. The molecule has 1 fully saturated rings. The monoisotopic (exact) mass is 396 g/mol. The number of hydrogen-bond donors (Lipinski definition) is 1. The van der Waals surface area contributed by atoms with Gasteiger partial charge in [-0.3, -0.25) is 14.9 Å². The lowest BCUT2D eigenvalue weighted by Crippen LogP contribution is -2.35. The fourth-order valence-corrected chi connectivity index (χ4v) is 4.68. The molecular formula is C22H24N2O5. The van der Waals surface area contributed by atoms with Crippen LogP contribution in [0.15, 0.2) is 46.8 Å². The van der Waals surface area contributed by atoms with Crippen LogP contribution in [0, 0.1) is 10.1 Å². The number of esters is 1. The van der Waals surface area contributed by atoms with Gasteiger partial charge in [-0.25, -0.2) is 4.79 Å². The van der Waals surface area contributed by atoms with Crippen molar-refractivity contribution in [2.24, 2.45) is 0 Å². The third kappa shape index (κ3) is 3.57. The number of carbonyl (C=O) groups excluding carboxylic acids is 2. The molecule has 1 heterocycles. The molecular weight excluding hydrogens is 372 g/mol. The second-order valence-corrected chi connectivity index (χ2v) is 7.89. The Balaban J connectivity index is 1.83. The Kier molecular flexibility index (Phi) is 5.22. The number of nitrogens with one attached hydrogen (secondary N) is 1. The van der Waals surface area contributed by atoms with E-state index in [9.17, 15) is 19.7 Å². The molecule has 1 N–H and O–H groups in total. The minimum atomic E-state index is -0.783. The lowest BCUT2D eigenvalue weighted by molar-refractivity contribution is -0.385. The molecule has 0 aromatic heterocycles. The van der Waals surface area contributed by atoms with Crippen LogP contribution in [-0.4, -0.2) is 22.8 Å². The predicted octanol–water partition coefficient (Wildman–Crippen LogP) is 4.05. The molecule has 1 aliphatic heterocycles. The van der Waals surface area contributed by atoms with E-state index < -0.39 is 16.8 Å². The van der Waals surface area contributed by atoms with Crippen molar-refractivity contribution in [2.75, 3.05) is 0 Å². The van der Waals surface area contributed by atoms with Crippen molar-refractivity contribution in [3.63, 3.8) is 0 Å². The third-order valence-electron chi connectivity index (χ3n) is 6.02. The van der Waals surface area contributed by atoms with Gasteiger partial charge in [0.25, 0.3) is 5.69 Å². The molecule has 2 aliphatic carbocycles. The standard InChI is InChI=1S/C22H24N2O5/c1-13-19(22(26)29-14-7-2-3-8-14)20(15-9-4-5-11-17(15)24(27)28)21-16(23-13)10-6-12-18(21)25/h4-5,9,11,14,20,23H,2-3,6-8,10,12H2,1H3/t20-/m0/s1. The molecule has 29 heavy (non-hydrogen) atoms. The van der Waals surface area contributed by atoms with E-state index in [4.69, 9.17) is 4.74 Å². The summed E-state index contributed by atoms with van der Waals surface area (Å²) in [5.74, 6) is -1.34. The highest BCUT2D eigenvalue weighted by Crippen LogP contribution is 2.45. The molecule has 0 saturated heterocycles. The fraction of sp³-hybridized carbons (Fsp3) is 0.455. The molecule has 4 rings (SSSR count). The van der Waals surface area contributed by atoms with Gasteiger partial charge in [-0.1, -0.05) is 18.2 Å². The van der Waals surface area contributed by atoms with Gasteiger partial charge in [-0.2, -0.15) is 0 Å². The zero-order valence-corrected chi connectivity index (χ0v) is 16.4. The average molecular weight is 396 g/mol. The van der Waals surface area contributed by atoms with Gasteiger partial charge in [0.05, 0.1) is 16.4 Å². The molecule has 3 aliphatic rings. The van der Waals surface area contributed by atoms with Crippen molar-refractivity contribution in [1.29, 1.82) is 0 Å². The number of benzene rings is 1. The molecule has 1 aromatic carbocycles. The zero-order valence-electron chi connectivity index (χ0n) is 16.4. The highest BCUT2D eigenvalue weighted by atomic mass is 16.6. The first-order valence-corrected chi connectivity index (χ1v) is 10.2. The lowest BCUT2D eigenvalue weighted by atomic mass is 9.75. The van der Waals surface area contributed by atoms with Crippen molar-refractivity contribution in [2.45, 2.75) is 63.9 Å². The number of Topliss-reactive ketones (excluding diaryl/α,β-unsaturated/α-hetero) is 1. The molecule has 1 saturated carbocycles. The summed E-state index contributed by atoms with van der Waals surface area (Å²) in [6.45, 7) is 1.77. The maximum atomic E-state index is 13.2. The SMILES string of the molecule is CC1=C(C(=O)OC2CCCC2)[C@H](c2ccccc2[N+](=O)[O-])C2=C(CCCC2=O)N1. The van der Waals surface area contributed by atoms with Gasteiger partial charge in [-0.15, -0.1) is 0 Å². The Morgan fingerprint density at radius 2 is 1.90 bits per heavy atom. The fourth-order valence-electron chi connectivity index (χ4n) is 4.68. The summed E-state index contributed by atoms with van der Waals surface area (Å²) in [6, 6.07) is 6.35. The number of nitro benzene ring substituents is 1. The van der Waals surface area contributed by atoms with E-state index in [0.717, 1.165) is 37.8 Å². The number of nitro groups is 1. The predicted molar refractivity (Wildman–Crippen MR) is 106 cm³/mol.